The zero-order valence-corrected chi connectivity index (χ0v) is 36.9. The average Bonchev–Trinajstić information content (AvgIpc) is 3.82. The third-order valence-electron chi connectivity index (χ3n) is 13.2. The molecule has 6 aromatic carbocycles. The van der Waals surface area contributed by atoms with E-state index >= 15 is 0 Å². The number of phenolic OH excluding ortho intramolecular Hbond substituents is 1. The maximum absolute atomic E-state index is 14.7. The molecule has 2 aliphatic heterocycles. The number of anilines is 3. The topological polar surface area (TPSA) is 88.1 Å². The van der Waals surface area contributed by atoms with Crippen LogP contribution in [0.2, 0.25) is 5.04 Å². The Morgan fingerprint density at radius 1 is 0.758 bits per heavy atom. The maximum atomic E-state index is 14.7. The molecule has 4 atom stereocenters. The monoisotopic (exact) mass is 838 g/mol. The summed E-state index contributed by atoms with van der Waals surface area (Å²) in [6, 6.07) is 50.4. The van der Waals surface area contributed by atoms with E-state index in [1.54, 1.807) is 6.07 Å². The quantitative estimate of drug-likeness (QED) is 0.0725. The molecule has 1 aliphatic carbocycles. The van der Waals surface area contributed by atoms with Gasteiger partial charge < -0.3 is 19.6 Å². The van der Waals surface area contributed by atoms with Crippen LogP contribution < -0.4 is 20.6 Å². The van der Waals surface area contributed by atoms with Gasteiger partial charge in [0.1, 0.15) is 5.75 Å². The lowest BCUT2D eigenvalue weighted by Crippen LogP contribution is -2.66. The summed E-state index contributed by atoms with van der Waals surface area (Å²) in [7, 11) is -2.94. The summed E-state index contributed by atoms with van der Waals surface area (Å²) in [5.41, 5.74) is 6.88. The van der Waals surface area contributed by atoms with E-state index in [1.807, 2.05) is 84.9 Å². The Labute approximate surface area is 365 Å². The van der Waals surface area contributed by atoms with Crippen LogP contribution in [0.4, 0.5) is 17.1 Å². The van der Waals surface area contributed by atoms with E-state index < -0.39 is 20.2 Å². The molecule has 0 radical (unpaired) electrons. The molecule has 62 heavy (non-hydrogen) atoms. The zero-order chi connectivity index (χ0) is 43.0. The number of ether oxygens (including phenoxy) is 1. The molecule has 314 valence electrons. The molecule has 2 saturated heterocycles. The summed E-state index contributed by atoms with van der Waals surface area (Å²) in [6.07, 6.45) is 3.92. The van der Waals surface area contributed by atoms with Crippen molar-refractivity contribution in [2.24, 2.45) is 17.8 Å². The molecule has 3 aliphatic rings. The van der Waals surface area contributed by atoms with Crippen molar-refractivity contribution in [3.05, 3.63) is 174 Å². The van der Waals surface area contributed by atoms with Gasteiger partial charge in [0.15, 0.2) is 0 Å². The third-order valence-corrected chi connectivity index (χ3v) is 18.2. The summed E-state index contributed by atoms with van der Waals surface area (Å²) in [4.78, 5) is 30.7. The highest BCUT2D eigenvalue weighted by atomic mass is 28.4. The van der Waals surface area contributed by atoms with Crippen LogP contribution in [0.15, 0.2) is 168 Å². The van der Waals surface area contributed by atoms with Gasteiger partial charge in [0.05, 0.1) is 36.8 Å². The molecule has 6 aromatic rings. The number of nitrogens with one attached hydrogen (secondary N) is 1. The maximum Gasteiger partial charge on any atom is 0.261 e. The van der Waals surface area contributed by atoms with Crippen LogP contribution in [-0.2, 0) is 18.8 Å². The standard InChI is InChI=1S/C54H54N2O5Si/c1-36(32-37-25-30-48(57)45-23-15-14-22-44(37)45)24-31-49-50-38(34-61-62(54(2,3)4,42-18-10-6-11-19-42)43-20-12-7-13-21-43)33-46-51(47(50)35-60-49)53(59)56(52(46)58)41-28-26-40(27-29-41)55-39-16-8-5-9-17-39/h5-23,25-30,32,46-47,49,51,55,57H,24,31,33-35H2,1-4H3/b36-32+/t46-,47+,49-,51-/m1/s1. The van der Waals surface area contributed by atoms with Gasteiger partial charge in [-0.1, -0.05) is 142 Å². The minimum atomic E-state index is -2.94. The van der Waals surface area contributed by atoms with Gasteiger partial charge >= 0.3 is 0 Å². The second-order valence-electron chi connectivity index (χ2n) is 18.1. The first-order valence-electron chi connectivity index (χ1n) is 21.8. The largest absolute Gasteiger partial charge is 0.507 e. The predicted molar refractivity (Wildman–Crippen MR) is 253 cm³/mol. The highest BCUT2D eigenvalue weighted by Crippen LogP contribution is 2.51. The number of benzene rings is 6. The molecule has 9 rings (SSSR count). The number of fused-ring (bicyclic) bond motifs is 4. The van der Waals surface area contributed by atoms with Crippen molar-refractivity contribution in [3.8, 4) is 5.75 Å². The second-order valence-corrected chi connectivity index (χ2v) is 22.4. The smallest absolute Gasteiger partial charge is 0.261 e. The fourth-order valence-corrected chi connectivity index (χ4v) is 14.9. The zero-order valence-electron chi connectivity index (χ0n) is 35.9. The number of allylic oxidation sites excluding steroid dienone is 1. The van der Waals surface area contributed by atoms with Crippen LogP contribution in [-0.4, -0.2) is 44.6 Å². The Kier molecular flexibility index (Phi) is 11.3. The van der Waals surface area contributed by atoms with Crippen LogP contribution in [0, 0.1) is 17.8 Å². The van der Waals surface area contributed by atoms with Gasteiger partial charge in [0.25, 0.3) is 8.32 Å². The number of phenols is 1. The molecule has 2 N–H and O–H groups in total. The van der Waals surface area contributed by atoms with Gasteiger partial charge in [0, 0.05) is 22.7 Å². The number of carbonyl (C=O) groups excluding carboxylic acids is 2. The first-order valence-corrected chi connectivity index (χ1v) is 23.7. The number of rotatable bonds is 12. The summed E-state index contributed by atoms with van der Waals surface area (Å²) in [5.74, 6) is -1.30. The highest BCUT2D eigenvalue weighted by Gasteiger charge is 2.58. The van der Waals surface area contributed by atoms with E-state index in [4.69, 9.17) is 9.16 Å². The Morgan fingerprint density at radius 2 is 1.35 bits per heavy atom. The number of nitrogens with zero attached hydrogens (tertiary/aromatic N) is 1. The SMILES string of the molecule is C/C(=C\c1ccc(O)c2ccccc12)CC[C@H]1OC[C@H]2C1=C(CO[Si](c1ccccc1)(c1ccccc1)C(C)(C)C)C[C@H]1C(=O)N(c3ccc(Nc4ccccc4)cc3)C(=O)[C@H]12. The van der Waals surface area contributed by atoms with Crippen LogP contribution in [0.3, 0.4) is 0 Å². The van der Waals surface area contributed by atoms with Crippen molar-refractivity contribution >= 4 is 64.4 Å². The molecule has 0 spiro atoms. The van der Waals surface area contributed by atoms with E-state index in [0.29, 0.717) is 25.3 Å². The van der Waals surface area contributed by atoms with Crippen molar-refractivity contribution in [2.75, 3.05) is 23.4 Å². The van der Waals surface area contributed by atoms with E-state index in [9.17, 15) is 14.7 Å². The molecule has 0 saturated carbocycles. The minimum absolute atomic E-state index is 0.155. The highest BCUT2D eigenvalue weighted by molar-refractivity contribution is 6.99. The minimum Gasteiger partial charge on any atom is -0.507 e. The third kappa shape index (κ3) is 7.61. The number of hydrogen-bond acceptors (Lipinski definition) is 6. The molecule has 2 amide bonds. The number of aromatic hydroxyl groups is 1. The number of carbonyl (C=O) groups is 2. The van der Waals surface area contributed by atoms with E-state index in [-0.39, 0.29) is 34.6 Å². The first kappa shape index (κ1) is 41.3. The molecule has 2 fully saturated rings. The van der Waals surface area contributed by atoms with Gasteiger partial charge in [-0.3, -0.25) is 14.5 Å². The molecule has 0 aromatic heterocycles. The summed E-state index contributed by atoms with van der Waals surface area (Å²) in [6.45, 7) is 9.71. The number of amides is 2. The van der Waals surface area contributed by atoms with Crippen molar-refractivity contribution in [2.45, 2.75) is 58.1 Å². The van der Waals surface area contributed by atoms with Crippen molar-refractivity contribution < 1.29 is 23.9 Å². The lowest BCUT2D eigenvalue weighted by molar-refractivity contribution is -0.122. The van der Waals surface area contributed by atoms with E-state index in [0.717, 1.165) is 51.7 Å². The molecule has 8 heteroatoms. The summed E-state index contributed by atoms with van der Waals surface area (Å²) < 4.78 is 14.3. The van der Waals surface area contributed by atoms with Crippen LogP contribution in [0.25, 0.3) is 16.8 Å². The number of para-hydroxylation sites is 1. The number of imide groups is 1. The Morgan fingerprint density at radius 3 is 2.00 bits per heavy atom. The summed E-state index contributed by atoms with van der Waals surface area (Å²) >= 11 is 0. The average molecular weight is 839 g/mol. The van der Waals surface area contributed by atoms with Crippen LogP contribution in [0.5, 0.6) is 5.75 Å². The molecule has 7 nitrogen and oxygen atoms in total. The second kappa shape index (κ2) is 17.0. The lowest BCUT2D eigenvalue weighted by Gasteiger charge is -2.44. The Hall–Kier alpha value is -6.06. The fourth-order valence-electron chi connectivity index (χ4n) is 10.3. The van der Waals surface area contributed by atoms with Crippen molar-refractivity contribution in [3.63, 3.8) is 0 Å². The van der Waals surface area contributed by atoms with Gasteiger partial charge in [-0.05, 0) is 106 Å². The number of hydrogen-bond donors (Lipinski definition) is 2. The van der Waals surface area contributed by atoms with Crippen molar-refractivity contribution in [1.29, 1.82) is 0 Å². The van der Waals surface area contributed by atoms with E-state index in [2.05, 4.69) is 99.8 Å². The van der Waals surface area contributed by atoms with E-state index in [1.165, 1.54) is 20.8 Å². The lowest BCUT2D eigenvalue weighted by atomic mass is 9.69. The Bertz CT molecular complexity index is 2620. The van der Waals surface area contributed by atoms with Gasteiger partial charge in [0.2, 0.25) is 11.8 Å². The van der Waals surface area contributed by atoms with Gasteiger partial charge in [-0.15, -0.1) is 0 Å². The molecular weight excluding hydrogens is 785 g/mol. The fraction of sp³-hybridized carbons (Fsp3) is 0.259. The normalized spacial score (nSPS) is 20.5. The molecule has 2 heterocycles. The first-order chi connectivity index (χ1) is 30.0. The van der Waals surface area contributed by atoms with Gasteiger partial charge in [-0.2, -0.15) is 0 Å². The summed E-state index contributed by atoms with van der Waals surface area (Å²) in [5, 5.41) is 17.9. The van der Waals surface area contributed by atoms with Crippen molar-refractivity contribution in [1.82, 2.24) is 0 Å². The van der Waals surface area contributed by atoms with Crippen LogP contribution in [0.1, 0.15) is 52.5 Å². The van der Waals surface area contributed by atoms with Gasteiger partial charge in [-0.25, -0.2) is 0 Å². The Balaban J connectivity index is 1.05. The molecular formula is C54H54N2O5Si. The molecule has 0 unspecified atom stereocenters. The molecule has 0 bridgehead atoms. The predicted octanol–water partition coefficient (Wildman–Crippen LogP) is 10.6. The van der Waals surface area contributed by atoms with Crippen LogP contribution >= 0.6 is 0 Å².